The molecule has 0 aliphatic heterocycles. The number of likely N-dealkylation sites (N-methyl/N-ethyl adjacent to an activating group) is 1. The average molecular weight is 751 g/mol. The second-order valence-electron chi connectivity index (χ2n) is 15.7. The summed E-state index contributed by atoms with van der Waals surface area (Å²) < 4.78 is 17.2. The van der Waals surface area contributed by atoms with E-state index in [1.165, 1.54) is 13.8 Å². The Kier molecular flexibility index (Phi) is 11.9. The molecule has 0 radical (unpaired) electrons. The molecule has 0 heterocycles. The Morgan fingerprint density at radius 3 is 2.00 bits per heavy atom. The molecule has 2 N–H and O–H groups in total. The van der Waals surface area contributed by atoms with Crippen LogP contribution in [0.15, 0.2) is 28.7 Å². The van der Waals surface area contributed by atoms with Gasteiger partial charge in [-0.2, -0.15) is 0 Å². The van der Waals surface area contributed by atoms with Gasteiger partial charge in [-0.15, -0.1) is 0 Å². The van der Waals surface area contributed by atoms with Crippen LogP contribution in [-0.4, -0.2) is 98.3 Å². The van der Waals surface area contributed by atoms with Gasteiger partial charge < -0.3 is 24.4 Å². The van der Waals surface area contributed by atoms with Crippen LogP contribution in [0.4, 0.5) is 5.69 Å². The third kappa shape index (κ3) is 8.06. The molecule has 0 saturated heterocycles. The summed E-state index contributed by atoms with van der Waals surface area (Å²) in [4.78, 5) is 110. The van der Waals surface area contributed by atoms with Crippen molar-refractivity contribution in [2.45, 2.75) is 86.2 Å². The number of hydrogen-bond donors (Lipinski definition) is 2. The van der Waals surface area contributed by atoms with E-state index in [1.54, 1.807) is 44.1 Å². The Labute approximate surface area is 314 Å². The number of amides is 2. The van der Waals surface area contributed by atoms with Gasteiger partial charge in [0.05, 0.1) is 23.6 Å². The smallest absolute Gasteiger partial charge is 0.308 e. The van der Waals surface area contributed by atoms with Crippen LogP contribution in [0, 0.1) is 17.3 Å². The standard InChI is InChI=1S/C39H50N4O11/c1-18(44)41-37(51)30-34(53-20(3)46)31(43(11)12)26-15-22-14-25-27(42(9)10)16-23(13-24(48)17-40-38(5,6)7)33(52-19(2)45)29(25)32(49)28(22)36(54-21(4)47)39(26,8)35(30)50/h16,22,26,31,40H,13-15,17H2,1-12H3,(H,41,44,51)/t22-,26-,31-,39-/m0/s1. The molecule has 0 spiro atoms. The van der Waals surface area contributed by atoms with Crippen molar-refractivity contribution in [3.05, 3.63) is 45.4 Å². The van der Waals surface area contributed by atoms with E-state index < -0.39 is 70.2 Å². The summed E-state index contributed by atoms with van der Waals surface area (Å²) in [6.45, 7) is 11.7. The van der Waals surface area contributed by atoms with Gasteiger partial charge in [0.1, 0.15) is 22.8 Å². The first-order valence-electron chi connectivity index (χ1n) is 17.6. The van der Waals surface area contributed by atoms with Crippen LogP contribution in [0.25, 0.3) is 0 Å². The lowest BCUT2D eigenvalue weighted by molar-refractivity contribution is -0.146. The molecule has 0 fully saturated rings. The van der Waals surface area contributed by atoms with E-state index in [0.717, 1.165) is 20.8 Å². The summed E-state index contributed by atoms with van der Waals surface area (Å²) in [6, 6.07) is 0.773. The average Bonchev–Trinajstić information content (AvgIpc) is 3.00. The number of anilines is 1. The quantitative estimate of drug-likeness (QED) is 0.201. The fourth-order valence-electron chi connectivity index (χ4n) is 7.79. The molecule has 4 rings (SSSR count). The lowest BCUT2D eigenvalue weighted by Crippen LogP contribution is -2.59. The maximum absolute atomic E-state index is 15.1. The van der Waals surface area contributed by atoms with Gasteiger partial charge in [0.2, 0.25) is 5.91 Å². The van der Waals surface area contributed by atoms with Crippen LogP contribution in [0.1, 0.15) is 83.3 Å². The number of carbonyl (C=O) groups is 8. The molecule has 2 amide bonds. The minimum absolute atomic E-state index is 0.00640. The molecular formula is C39H50N4O11. The molecule has 0 unspecified atom stereocenters. The molecule has 0 aromatic heterocycles. The van der Waals surface area contributed by atoms with Crippen molar-refractivity contribution < 1.29 is 52.6 Å². The summed E-state index contributed by atoms with van der Waals surface area (Å²) in [5.74, 6) is -8.34. The molecular weight excluding hydrogens is 700 g/mol. The molecule has 292 valence electrons. The van der Waals surface area contributed by atoms with Crippen molar-refractivity contribution in [2.24, 2.45) is 17.3 Å². The second-order valence-corrected chi connectivity index (χ2v) is 15.7. The van der Waals surface area contributed by atoms with Crippen LogP contribution in [0.5, 0.6) is 5.75 Å². The summed E-state index contributed by atoms with van der Waals surface area (Å²) >= 11 is 0. The van der Waals surface area contributed by atoms with Gasteiger partial charge in [-0.3, -0.25) is 48.6 Å². The van der Waals surface area contributed by atoms with Gasteiger partial charge in [0.25, 0.3) is 5.91 Å². The van der Waals surface area contributed by atoms with Crippen molar-refractivity contribution in [1.82, 2.24) is 15.5 Å². The molecule has 54 heavy (non-hydrogen) atoms. The van der Waals surface area contributed by atoms with Crippen molar-refractivity contribution in [3.63, 3.8) is 0 Å². The molecule has 15 nitrogen and oxygen atoms in total. The van der Waals surface area contributed by atoms with E-state index in [-0.39, 0.29) is 71.1 Å². The number of nitrogens with one attached hydrogen (secondary N) is 2. The Balaban J connectivity index is 2.08. The van der Waals surface area contributed by atoms with Crippen LogP contribution in [0.2, 0.25) is 0 Å². The first kappa shape index (κ1) is 41.7. The topological polar surface area (TPSA) is 195 Å². The highest BCUT2D eigenvalue weighted by Crippen LogP contribution is 2.58. The van der Waals surface area contributed by atoms with Gasteiger partial charge in [0.15, 0.2) is 17.3 Å². The maximum atomic E-state index is 15.1. The number of allylic oxidation sites excluding steroid dienone is 2. The summed E-state index contributed by atoms with van der Waals surface area (Å²) in [5.41, 5.74) is -1.52. The van der Waals surface area contributed by atoms with Crippen molar-refractivity contribution in [1.29, 1.82) is 0 Å². The van der Waals surface area contributed by atoms with Crippen molar-refractivity contribution in [2.75, 3.05) is 39.6 Å². The van der Waals surface area contributed by atoms with E-state index in [4.69, 9.17) is 14.2 Å². The van der Waals surface area contributed by atoms with E-state index in [2.05, 4.69) is 10.6 Å². The number of hydrogen-bond acceptors (Lipinski definition) is 14. The van der Waals surface area contributed by atoms with E-state index in [9.17, 15) is 33.6 Å². The predicted molar refractivity (Wildman–Crippen MR) is 195 cm³/mol. The maximum Gasteiger partial charge on any atom is 0.308 e. The minimum Gasteiger partial charge on any atom is -0.430 e. The van der Waals surface area contributed by atoms with Gasteiger partial charge in [-0.25, -0.2) is 0 Å². The number of Topliss-reactive ketones (excluding diaryl/α,β-unsaturated/α-hetero) is 3. The lowest BCUT2D eigenvalue weighted by Gasteiger charge is -2.52. The zero-order chi connectivity index (χ0) is 40.8. The van der Waals surface area contributed by atoms with Crippen LogP contribution in [-0.2, 0) is 55.9 Å². The van der Waals surface area contributed by atoms with Crippen LogP contribution in [0.3, 0.4) is 0 Å². The molecule has 1 aromatic rings. The molecule has 4 atom stereocenters. The molecule has 0 saturated carbocycles. The first-order chi connectivity index (χ1) is 24.9. The number of imide groups is 1. The second kappa shape index (κ2) is 15.4. The number of esters is 3. The third-order valence-electron chi connectivity index (χ3n) is 9.87. The number of ketones is 3. The lowest BCUT2D eigenvalue weighted by atomic mass is 9.53. The van der Waals surface area contributed by atoms with Gasteiger partial charge in [-0.05, 0) is 72.2 Å². The van der Waals surface area contributed by atoms with E-state index in [1.807, 2.05) is 20.8 Å². The number of ether oxygens (including phenoxy) is 3. The number of benzene rings is 1. The third-order valence-corrected chi connectivity index (χ3v) is 9.87. The summed E-state index contributed by atoms with van der Waals surface area (Å²) in [7, 11) is 6.87. The largest absolute Gasteiger partial charge is 0.430 e. The monoisotopic (exact) mass is 750 g/mol. The summed E-state index contributed by atoms with van der Waals surface area (Å²) in [6.07, 6.45) is 0.0959. The normalized spacial score (nSPS) is 22.2. The Hall–Kier alpha value is -5.02. The number of nitrogens with zero attached hydrogens (tertiary/aromatic N) is 2. The van der Waals surface area contributed by atoms with Gasteiger partial charge in [0, 0.05) is 76.5 Å². The Morgan fingerprint density at radius 1 is 0.907 bits per heavy atom. The fraction of sp³-hybridized carbons (Fsp3) is 0.538. The van der Waals surface area contributed by atoms with Gasteiger partial charge in [-0.1, -0.05) is 0 Å². The van der Waals surface area contributed by atoms with E-state index in [0.29, 0.717) is 11.3 Å². The molecule has 0 bridgehead atoms. The molecule has 3 aliphatic carbocycles. The molecule has 3 aliphatic rings. The Morgan fingerprint density at radius 2 is 1.50 bits per heavy atom. The number of rotatable bonds is 10. The molecule has 1 aromatic carbocycles. The highest BCUT2D eigenvalue weighted by molar-refractivity contribution is 6.26. The highest BCUT2D eigenvalue weighted by atomic mass is 16.5. The SMILES string of the molecule is CC(=O)NC(=O)C1=C(OC(C)=O)[C@@H](N(C)C)[C@@H]2C[C@@H]3Cc4c(N(C)C)cc(CC(=O)CNC(C)(C)C)c(OC(C)=O)c4C(=O)C3=C(OC(C)=O)[C@]2(C)C1=O. The van der Waals surface area contributed by atoms with E-state index >= 15 is 4.79 Å². The van der Waals surface area contributed by atoms with Gasteiger partial charge >= 0.3 is 17.9 Å². The first-order valence-corrected chi connectivity index (χ1v) is 17.6. The predicted octanol–water partition coefficient (Wildman–Crippen LogP) is 2.37. The van der Waals surface area contributed by atoms with Crippen molar-refractivity contribution in [3.8, 4) is 5.75 Å². The highest BCUT2D eigenvalue weighted by Gasteiger charge is 2.63. The van der Waals surface area contributed by atoms with Crippen LogP contribution < -0.4 is 20.3 Å². The minimum atomic E-state index is -1.88. The summed E-state index contributed by atoms with van der Waals surface area (Å²) in [5, 5.41) is 5.24. The molecule has 15 heteroatoms. The number of carbonyl (C=O) groups excluding carboxylic acids is 8. The fourth-order valence-corrected chi connectivity index (χ4v) is 7.79. The zero-order valence-corrected chi connectivity index (χ0v) is 33.0. The van der Waals surface area contributed by atoms with Crippen LogP contribution >= 0.6 is 0 Å². The Bertz CT molecular complexity index is 1920. The number of fused-ring (bicyclic) bond motifs is 3. The zero-order valence-electron chi connectivity index (χ0n) is 33.0. The van der Waals surface area contributed by atoms with Crippen molar-refractivity contribution >= 4 is 52.8 Å².